The van der Waals surface area contributed by atoms with Crippen molar-refractivity contribution in [3.63, 3.8) is 0 Å². The zero-order valence-electron chi connectivity index (χ0n) is 13.8. The number of para-hydroxylation sites is 4. The summed E-state index contributed by atoms with van der Waals surface area (Å²) in [7, 11) is 0. The van der Waals surface area contributed by atoms with Crippen molar-refractivity contribution in [3.05, 3.63) is 94.5 Å². The fourth-order valence-electron chi connectivity index (χ4n) is 2.48. The van der Waals surface area contributed by atoms with Crippen LogP contribution in [0, 0.1) is 10.1 Å². The second kappa shape index (κ2) is 7.94. The van der Waals surface area contributed by atoms with Gasteiger partial charge < -0.3 is 10.1 Å². The van der Waals surface area contributed by atoms with E-state index in [1.807, 2.05) is 30.3 Å². The molecule has 6 heteroatoms. The number of nitro benzene ring substituents is 1. The third-order valence-corrected chi connectivity index (χ3v) is 3.67. The SMILES string of the molecule is O=C(Cc1ccccc1[N+](=O)[O-])Nc1ccccc1Oc1ccccc1. The minimum atomic E-state index is -0.491. The normalized spacial score (nSPS) is 10.2. The topological polar surface area (TPSA) is 81.5 Å². The number of carbonyl (C=O) groups excluding carboxylic acids is 1. The van der Waals surface area contributed by atoms with Crippen LogP contribution in [0.25, 0.3) is 0 Å². The molecule has 0 unspecified atom stereocenters. The summed E-state index contributed by atoms with van der Waals surface area (Å²) >= 11 is 0. The van der Waals surface area contributed by atoms with E-state index in [2.05, 4.69) is 5.32 Å². The zero-order valence-corrected chi connectivity index (χ0v) is 13.8. The molecule has 1 N–H and O–H groups in total. The van der Waals surface area contributed by atoms with E-state index in [0.717, 1.165) is 0 Å². The third kappa shape index (κ3) is 4.24. The van der Waals surface area contributed by atoms with Gasteiger partial charge in [0, 0.05) is 11.6 Å². The molecule has 3 aromatic rings. The number of amides is 1. The Hall–Kier alpha value is -3.67. The molecule has 0 atom stereocenters. The zero-order chi connectivity index (χ0) is 18.4. The molecule has 0 aliphatic rings. The number of carbonyl (C=O) groups is 1. The van der Waals surface area contributed by atoms with E-state index in [0.29, 0.717) is 22.7 Å². The molecule has 0 bridgehead atoms. The number of benzene rings is 3. The number of nitro groups is 1. The summed E-state index contributed by atoms with van der Waals surface area (Å²) in [5.41, 5.74) is 0.785. The van der Waals surface area contributed by atoms with Gasteiger partial charge in [-0.25, -0.2) is 0 Å². The van der Waals surface area contributed by atoms with Crippen LogP contribution >= 0.6 is 0 Å². The Morgan fingerprint density at radius 1 is 0.923 bits per heavy atom. The molecule has 0 fully saturated rings. The molecule has 26 heavy (non-hydrogen) atoms. The summed E-state index contributed by atoms with van der Waals surface area (Å²) in [6, 6.07) is 22.4. The standard InChI is InChI=1S/C20H16N2O4/c23-20(14-15-8-4-6-12-18(15)22(24)25)21-17-11-5-7-13-19(17)26-16-9-2-1-3-10-16/h1-13H,14H2,(H,21,23). The van der Waals surface area contributed by atoms with Crippen molar-refractivity contribution < 1.29 is 14.5 Å². The Kier molecular flexibility index (Phi) is 5.24. The molecule has 3 aromatic carbocycles. The summed E-state index contributed by atoms with van der Waals surface area (Å²) in [6.07, 6.45) is -0.100. The van der Waals surface area contributed by atoms with E-state index in [4.69, 9.17) is 4.74 Å². The van der Waals surface area contributed by atoms with E-state index in [1.165, 1.54) is 6.07 Å². The minimum absolute atomic E-state index is 0.0727. The van der Waals surface area contributed by atoms with Gasteiger partial charge in [-0.05, 0) is 24.3 Å². The van der Waals surface area contributed by atoms with E-state index < -0.39 is 4.92 Å². The van der Waals surface area contributed by atoms with Crippen LogP contribution in [0.15, 0.2) is 78.9 Å². The van der Waals surface area contributed by atoms with E-state index in [1.54, 1.807) is 42.5 Å². The molecular weight excluding hydrogens is 332 g/mol. The highest BCUT2D eigenvalue weighted by molar-refractivity contribution is 5.94. The fourth-order valence-corrected chi connectivity index (χ4v) is 2.48. The molecule has 0 saturated carbocycles. The van der Waals surface area contributed by atoms with Gasteiger partial charge >= 0.3 is 0 Å². The summed E-state index contributed by atoms with van der Waals surface area (Å²) in [4.78, 5) is 23.0. The third-order valence-electron chi connectivity index (χ3n) is 3.67. The lowest BCUT2D eigenvalue weighted by Crippen LogP contribution is -2.15. The Labute approximate surface area is 150 Å². The molecule has 0 saturated heterocycles. The molecule has 0 radical (unpaired) electrons. The van der Waals surface area contributed by atoms with Crippen LogP contribution in [0.2, 0.25) is 0 Å². The first-order chi connectivity index (χ1) is 12.6. The first kappa shape index (κ1) is 17.2. The number of hydrogen-bond donors (Lipinski definition) is 1. The highest BCUT2D eigenvalue weighted by Crippen LogP contribution is 2.29. The van der Waals surface area contributed by atoms with Gasteiger partial charge in [-0.1, -0.05) is 48.5 Å². The molecule has 0 aliphatic heterocycles. The molecule has 0 heterocycles. The van der Waals surface area contributed by atoms with Crippen LogP contribution in [0.5, 0.6) is 11.5 Å². The Balaban J connectivity index is 1.75. The molecule has 3 rings (SSSR count). The van der Waals surface area contributed by atoms with Crippen LogP contribution in [-0.4, -0.2) is 10.8 Å². The number of hydrogen-bond acceptors (Lipinski definition) is 4. The van der Waals surface area contributed by atoms with Gasteiger partial charge in [-0.2, -0.15) is 0 Å². The Morgan fingerprint density at radius 2 is 1.58 bits per heavy atom. The van der Waals surface area contributed by atoms with Crippen LogP contribution in [0.4, 0.5) is 11.4 Å². The highest BCUT2D eigenvalue weighted by atomic mass is 16.6. The number of ether oxygens (including phenoxy) is 1. The molecule has 0 aromatic heterocycles. The van der Waals surface area contributed by atoms with Gasteiger partial charge in [0.1, 0.15) is 5.75 Å². The molecule has 6 nitrogen and oxygen atoms in total. The van der Waals surface area contributed by atoms with Crippen LogP contribution < -0.4 is 10.1 Å². The Morgan fingerprint density at radius 3 is 2.35 bits per heavy atom. The average Bonchev–Trinajstić information content (AvgIpc) is 2.64. The van der Waals surface area contributed by atoms with Crippen molar-refractivity contribution in [2.24, 2.45) is 0 Å². The molecule has 1 amide bonds. The van der Waals surface area contributed by atoms with Crippen molar-refractivity contribution in [1.29, 1.82) is 0 Å². The minimum Gasteiger partial charge on any atom is -0.455 e. The number of anilines is 1. The maximum Gasteiger partial charge on any atom is 0.273 e. The van der Waals surface area contributed by atoms with E-state index >= 15 is 0 Å². The second-order valence-corrected chi connectivity index (χ2v) is 5.52. The maximum atomic E-state index is 12.4. The Bertz CT molecular complexity index is 926. The number of rotatable bonds is 6. The number of nitrogens with zero attached hydrogens (tertiary/aromatic N) is 1. The van der Waals surface area contributed by atoms with Gasteiger partial charge in [0.2, 0.25) is 5.91 Å². The van der Waals surface area contributed by atoms with E-state index in [9.17, 15) is 14.9 Å². The lowest BCUT2D eigenvalue weighted by Gasteiger charge is -2.12. The smallest absolute Gasteiger partial charge is 0.273 e. The average molecular weight is 348 g/mol. The highest BCUT2D eigenvalue weighted by Gasteiger charge is 2.16. The van der Waals surface area contributed by atoms with Gasteiger partial charge in [-0.3, -0.25) is 14.9 Å². The van der Waals surface area contributed by atoms with Crippen molar-refractivity contribution in [1.82, 2.24) is 0 Å². The predicted molar refractivity (Wildman–Crippen MR) is 98.4 cm³/mol. The summed E-state index contributed by atoms with van der Waals surface area (Å²) in [5, 5.41) is 13.8. The lowest BCUT2D eigenvalue weighted by atomic mass is 10.1. The van der Waals surface area contributed by atoms with Crippen molar-refractivity contribution in [2.75, 3.05) is 5.32 Å². The van der Waals surface area contributed by atoms with Gasteiger partial charge in [0.15, 0.2) is 5.75 Å². The molecule has 0 aliphatic carbocycles. The first-order valence-electron chi connectivity index (χ1n) is 7.97. The lowest BCUT2D eigenvalue weighted by molar-refractivity contribution is -0.385. The van der Waals surface area contributed by atoms with Crippen molar-refractivity contribution in [2.45, 2.75) is 6.42 Å². The summed E-state index contributed by atoms with van der Waals surface area (Å²) < 4.78 is 5.80. The van der Waals surface area contributed by atoms with Crippen LogP contribution in [0.3, 0.4) is 0 Å². The van der Waals surface area contributed by atoms with Gasteiger partial charge in [-0.15, -0.1) is 0 Å². The maximum absolute atomic E-state index is 12.4. The molecule has 130 valence electrons. The van der Waals surface area contributed by atoms with Crippen LogP contribution in [-0.2, 0) is 11.2 Å². The molecule has 0 spiro atoms. The van der Waals surface area contributed by atoms with Gasteiger partial charge in [0.05, 0.1) is 17.0 Å². The largest absolute Gasteiger partial charge is 0.455 e. The fraction of sp³-hybridized carbons (Fsp3) is 0.0500. The number of nitrogens with one attached hydrogen (secondary N) is 1. The monoisotopic (exact) mass is 348 g/mol. The van der Waals surface area contributed by atoms with Crippen LogP contribution in [0.1, 0.15) is 5.56 Å². The molecular formula is C20H16N2O4. The van der Waals surface area contributed by atoms with Crippen molar-refractivity contribution >= 4 is 17.3 Å². The second-order valence-electron chi connectivity index (χ2n) is 5.52. The van der Waals surface area contributed by atoms with Crippen molar-refractivity contribution in [3.8, 4) is 11.5 Å². The summed E-state index contributed by atoms with van der Waals surface area (Å²) in [6.45, 7) is 0. The van der Waals surface area contributed by atoms with Gasteiger partial charge in [0.25, 0.3) is 5.69 Å². The first-order valence-corrected chi connectivity index (χ1v) is 7.97. The van der Waals surface area contributed by atoms with E-state index in [-0.39, 0.29) is 18.0 Å². The summed E-state index contributed by atoms with van der Waals surface area (Å²) in [5.74, 6) is 0.783. The predicted octanol–water partition coefficient (Wildman–Crippen LogP) is 4.57. The quantitative estimate of drug-likeness (QED) is 0.523.